The number of hydrogen-bond acceptors (Lipinski definition) is 5. The molecule has 0 unspecified atom stereocenters. The van der Waals surface area contributed by atoms with Gasteiger partial charge in [0.1, 0.15) is 6.33 Å². The second-order valence-electron chi connectivity index (χ2n) is 3.64. The lowest BCUT2D eigenvalue weighted by Crippen LogP contribution is -2.15. The van der Waals surface area contributed by atoms with E-state index in [0.29, 0.717) is 16.8 Å². The molecule has 2 aromatic rings. The molecule has 1 aromatic heterocycles. The van der Waals surface area contributed by atoms with Gasteiger partial charge in [0, 0.05) is 11.1 Å². The number of carbonyl (C=O) groups is 1. The van der Waals surface area contributed by atoms with Gasteiger partial charge >= 0.3 is 0 Å². The quantitative estimate of drug-likeness (QED) is 0.326. The lowest BCUT2D eigenvalue weighted by atomic mass is 10.1. The van der Waals surface area contributed by atoms with E-state index in [9.17, 15) is 4.79 Å². The number of anilines is 1. The van der Waals surface area contributed by atoms with E-state index in [1.807, 2.05) is 0 Å². The lowest BCUT2D eigenvalue weighted by Gasteiger charge is -2.05. The fraction of sp³-hybridized carbons (Fsp3) is 0. The van der Waals surface area contributed by atoms with Gasteiger partial charge in [-0.15, -0.1) is 0 Å². The summed E-state index contributed by atoms with van der Waals surface area (Å²) >= 11 is 0. The Kier molecular flexibility index (Phi) is 3.67. The molecule has 1 aromatic carbocycles. The van der Waals surface area contributed by atoms with Gasteiger partial charge in [-0.1, -0.05) is 17.3 Å². The minimum absolute atomic E-state index is 0.0107. The van der Waals surface area contributed by atoms with Crippen LogP contribution >= 0.6 is 0 Å². The van der Waals surface area contributed by atoms with Gasteiger partial charge in [-0.05, 0) is 12.1 Å². The summed E-state index contributed by atoms with van der Waals surface area (Å²) in [5, 5.41) is 14.1. The Morgan fingerprint density at radius 2 is 1.74 bits per heavy atom. The van der Waals surface area contributed by atoms with Crippen molar-refractivity contribution in [3.8, 4) is 0 Å². The Balaban J connectivity index is 2.12. The zero-order chi connectivity index (χ0) is 13.7. The van der Waals surface area contributed by atoms with Crippen LogP contribution in [-0.2, 0) is 0 Å². The van der Waals surface area contributed by atoms with Crippen molar-refractivity contribution in [3.63, 3.8) is 0 Å². The summed E-state index contributed by atoms with van der Waals surface area (Å²) in [7, 11) is 0. The molecule has 1 amide bonds. The van der Waals surface area contributed by atoms with E-state index in [2.05, 4.69) is 20.4 Å². The molecular formula is C12H11N5O2. The van der Waals surface area contributed by atoms with Crippen molar-refractivity contribution in [2.75, 3.05) is 5.32 Å². The number of oxime groups is 1. The SMILES string of the molecule is N/C(=N/O)c1ccc(C(=O)Nc2cncnc2)cc1. The highest BCUT2D eigenvalue weighted by Crippen LogP contribution is 2.08. The van der Waals surface area contributed by atoms with Crippen LogP contribution in [-0.4, -0.2) is 26.9 Å². The molecule has 0 radical (unpaired) electrons. The van der Waals surface area contributed by atoms with Crippen LogP contribution in [0, 0.1) is 0 Å². The third-order valence-electron chi connectivity index (χ3n) is 2.37. The van der Waals surface area contributed by atoms with Gasteiger partial charge in [0.2, 0.25) is 0 Å². The molecule has 0 fully saturated rings. The highest BCUT2D eigenvalue weighted by atomic mass is 16.4. The maximum atomic E-state index is 11.9. The summed E-state index contributed by atoms with van der Waals surface area (Å²) in [6.45, 7) is 0. The number of nitrogens with two attached hydrogens (primary N) is 1. The first-order valence-electron chi connectivity index (χ1n) is 5.35. The van der Waals surface area contributed by atoms with E-state index in [1.54, 1.807) is 24.3 Å². The second-order valence-corrected chi connectivity index (χ2v) is 3.64. The number of nitrogens with zero attached hydrogens (tertiary/aromatic N) is 3. The van der Waals surface area contributed by atoms with Crippen LogP contribution in [0.15, 0.2) is 48.1 Å². The number of aromatic nitrogens is 2. The Bertz CT molecular complexity index is 595. The van der Waals surface area contributed by atoms with Gasteiger partial charge in [0.15, 0.2) is 5.84 Å². The predicted molar refractivity (Wildman–Crippen MR) is 68.9 cm³/mol. The van der Waals surface area contributed by atoms with Gasteiger partial charge in [-0.3, -0.25) is 4.79 Å². The molecule has 0 aliphatic carbocycles. The molecule has 4 N–H and O–H groups in total. The molecular weight excluding hydrogens is 246 g/mol. The number of benzene rings is 1. The Morgan fingerprint density at radius 3 is 2.32 bits per heavy atom. The second kappa shape index (κ2) is 5.58. The zero-order valence-electron chi connectivity index (χ0n) is 9.82. The summed E-state index contributed by atoms with van der Waals surface area (Å²) in [6.07, 6.45) is 4.37. The van der Waals surface area contributed by atoms with Crippen LogP contribution in [0.3, 0.4) is 0 Å². The first kappa shape index (κ1) is 12.5. The van der Waals surface area contributed by atoms with E-state index in [4.69, 9.17) is 10.9 Å². The van der Waals surface area contributed by atoms with Gasteiger partial charge in [0.05, 0.1) is 18.1 Å². The molecule has 0 saturated carbocycles. The maximum absolute atomic E-state index is 11.9. The molecule has 0 aliphatic rings. The monoisotopic (exact) mass is 257 g/mol. The number of nitrogens with one attached hydrogen (secondary N) is 1. The molecule has 1 heterocycles. The smallest absolute Gasteiger partial charge is 0.255 e. The predicted octanol–water partition coefficient (Wildman–Crippen LogP) is 0.823. The van der Waals surface area contributed by atoms with Crippen molar-refractivity contribution < 1.29 is 10.0 Å². The first-order valence-corrected chi connectivity index (χ1v) is 5.35. The highest BCUT2D eigenvalue weighted by molar-refractivity contribution is 6.05. The van der Waals surface area contributed by atoms with Gasteiger partial charge < -0.3 is 16.3 Å². The number of hydrogen-bond donors (Lipinski definition) is 3. The van der Waals surface area contributed by atoms with Crippen molar-refractivity contribution in [3.05, 3.63) is 54.1 Å². The lowest BCUT2D eigenvalue weighted by molar-refractivity contribution is 0.102. The molecule has 7 nitrogen and oxygen atoms in total. The number of rotatable bonds is 3. The molecule has 19 heavy (non-hydrogen) atoms. The Morgan fingerprint density at radius 1 is 1.16 bits per heavy atom. The molecule has 0 aliphatic heterocycles. The normalized spacial score (nSPS) is 11.1. The van der Waals surface area contributed by atoms with Gasteiger partial charge in [0.25, 0.3) is 5.91 Å². The van der Waals surface area contributed by atoms with Crippen molar-refractivity contribution in [1.29, 1.82) is 0 Å². The average Bonchev–Trinajstić information content (AvgIpc) is 2.47. The summed E-state index contributed by atoms with van der Waals surface area (Å²) in [5.41, 5.74) is 6.91. The third kappa shape index (κ3) is 3.03. The van der Waals surface area contributed by atoms with Crippen LogP contribution in [0.25, 0.3) is 0 Å². The Hall–Kier alpha value is -2.96. The minimum atomic E-state index is -0.291. The van der Waals surface area contributed by atoms with Crippen LogP contribution in [0.2, 0.25) is 0 Å². The Labute approximate surface area is 108 Å². The van der Waals surface area contributed by atoms with E-state index >= 15 is 0 Å². The average molecular weight is 257 g/mol. The fourth-order valence-corrected chi connectivity index (χ4v) is 1.42. The third-order valence-corrected chi connectivity index (χ3v) is 2.37. The van der Waals surface area contributed by atoms with Crippen LogP contribution in [0.4, 0.5) is 5.69 Å². The standard InChI is InChI=1S/C12H11N5O2/c13-11(17-19)8-1-3-9(4-2-8)12(18)16-10-5-14-7-15-6-10/h1-7,19H,(H2,13,17)(H,16,18). The summed E-state index contributed by atoms with van der Waals surface area (Å²) in [4.78, 5) is 19.5. The minimum Gasteiger partial charge on any atom is -0.409 e. The zero-order valence-corrected chi connectivity index (χ0v) is 9.82. The maximum Gasteiger partial charge on any atom is 0.255 e. The summed E-state index contributed by atoms with van der Waals surface area (Å²) in [5.74, 6) is -0.302. The molecule has 96 valence electrons. The molecule has 0 spiro atoms. The first-order chi connectivity index (χ1) is 9.20. The van der Waals surface area contributed by atoms with E-state index in [1.165, 1.54) is 18.7 Å². The number of amides is 1. The van der Waals surface area contributed by atoms with Crippen molar-refractivity contribution in [1.82, 2.24) is 9.97 Å². The molecule has 2 rings (SSSR count). The van der Waals surface area contributed by atoms with Crippen LogP contribution < -0.4 is 11.1 Å². The van der Waals surface area contributed by atoms with Crippen molar-refractivity contribution in [2.45, 2.75) is 0 Å². The summed E-state index contributed by atoms with van der Waals surface area (Å²) in [6, 6.07) is 6.33. The van der Waals surface area contributed by atoms with Crippen LogP contribution in [0.5, 0.6) is 0 Å². The topological polar surface area (TPSA) is 113 Å². The number of amidine groups is 1. The van der Waals surface area contributed by atoms with Gasteiger partial charge in [-0.25, -0.2) is 9.97 Å². The number of carbonyl (C=O) groups excluding carboxylic acids is 1. The molecule has 7 heteroatoms. The highest BCUT2D eigenvalue weighted by Gasteiger charge is 2.07. The molecule has 0 atom stereocenters. The van der Waals surface area contributed by atoms with E-state index in [0.717, 1.165) is 0 Å². The largest absolute Gasteiger partial charge is 0.409 e. The molecule has 0 saturated heterocycles. The van der Waals surface area contributed by atoms with Crippen LogP contribution in [0.1, 0.15) is 15.9 Å². The van der Waals surface area contributed by atoms with Crippen molar-refractivity contribution >= 4 is 17.4 Å². The summed E-state index contributed by atoms with van der Waals surface area (Å²) < 4.78 is 0. The fourth-order valence-electron chi connectivity index (χ4n) is 1.42. The van der Waals surface area contributed by atoms with Gasteiger partial charge in [-0.2, -0.15) is 0 Å². The van der Waals surface area contributed by atoms with Crippen molar-refractivity contribution in [2.24, 2.45) is 10.9 Å². The molecule has 0 bridgehead atoms. The van der Waals surface area contributed by atoms with E-state index in [-0.39, 0.29) is 11.7 Å². The van der Waals surface area contributed by atoms with E-state index < -0.39 is 0 Å².